The number of carbonyl (C=O) groups excluding carboxylic acids is 1. The van der Waals surface area contributed by atoms with E-state index in [1.807, 2.05) is 12.1 Å². The van der Waals surface area contributed by atoms with Gasteiger partial charge in [-0.15, -0.1) is 5.10 Å². The Morgan fingerprint density at radius 1 is 1.17 bits per heavy atom. The summed E-state index contributed by atoms with van der Waals surface area (Å²) in [4.78, 5) is 20.4. The van der Waals surface area contributed by atoms with E-state index < -0.39 is 11.7 Å². The molecule has 6 heterocycles. The molecule has 4 saturated heterocycles. The lowest BCUT2D eigenvalue weighted by Crippen LogP contribution is -2.61. The van der Waals surface area contributed by atoms with Gasteiger partial charge in [0.25, 0.3) is 5.89 Å². The summed E-state index contributed by atoms with van der Waals surface area (Å²) in [5.41, 5.74) is 0.147. The van der Waals surface area contributed by atoms with E-state index in [1.165, 1.54) is 4.90 Å². The van der Waals surface area contributed by atoms with E-state index >= 15 is 0 Å². The molecule has 1 amide bonds. The van der Waals surface area contributed by atoms with Crippen molar-refractivity contribution in [1.29, 1.82) is 0 Å². The topological polar surface area (TPSA) is 84.6 Å². The van der Waals surface area contributed by atoms with Gasteiger partial charge in [-0.3, -0.25) is 9.88 Å². The molecule has 0 saturated carbocycles. The molecule has 1 spiro atoms. The quantitative estimate of drug-likeness (QED) is 0.827. The molecule has 8 nitrogen and oxygen atoms in total. The minimum absolute atomic E-state index is 0.175. The third kappa shape index (κ3) is 2.02. The minimum atomic E-state index is -0.437. The Hall–Kier alpha value is -2.48. The van der Waals surface area contributed by atoms with Gasteiger partial charge in [0.2, 0.25) is 0 Å². The number of fused-ring (bicyclic) bond motifs is 2. The molecule has 2 bridgehead atoms. The highest BCUT2D eigenvalue weighted by Crippen LogP contribution is 2.43. The second kappa shape index (κ2) is 5.01. The smallest absolute Gasteiger partial charge is 0.418 e. The van der Waals surface area contributed by atoms with Crippen LogP contribution in [0.1, 0.15) is 12.8 Å². The summed E-state index contributed by atoms with van der Waals surface area (Å²) in [5.74, 6) is 0.711. The van der Waals surface area contributed by atoms with Crippen LogP contribution in [0.15, 0.2) is 28.8 Å². The molecular formula is C16H17N5O3. The Morgan fingerprint density at radius 2 is 2.04 bits per heavy atom. The molecule has 24 heavy (non-hydrogen) atoms. The molecule has 124 valence electrons. The molecule has 8 heteroatoms. The lowest BCUT2D eigenvalue weighted by atomic mass is 9.75. The third-order valence-corrected chi connectivity index (χ3v) is 5.29. The van der Waals surface area contributed by atoms with Crippen LogP contribution in [-0.2, 0) is 4.74 Å². The number of anilines is 1. The molecule has 0 radical (unpaired) electrons. The van der Waals surface area contributed by atoms with Gasteiger partial charge in [-0.05, 0) is 38.1 Å². The highest BCUT2D eigenvalue weighted by molar-refractivity contribution is 5.88. The van der Waals surface area contributed by atoms with E-state index in [2.05, 4.69) is 20.1 Å². The van der Waals surface area contributed by atoms with E-state index in [4.69, 9.17) is 9.15 Å². The van der Waals surface area contributed by atoms with E-state index in [1.54, 1.807) is 12.3 Å². The van der Waals surface area contributed by atoms with Crippen LogP contribution in [0.25, 0.3) is 11.6 Å². The van der Waals surface area contributed by atoms with Gasteiger partial charge in [-0.25, -0.2) is 9.69 Å². The molecular weight excluding hydrogens is 310 g/mol. The number of nitrogens with zero attached hydrogens (tertiary/aromatic N) is 5. The van der Waals surface area contributed by atoms with Crippen LogP contribution >= 0.6 is 0 Å². The second-order valence-corrected chi connectivity index (χ2v) is 6.67. The van der Waals surface area contributed by atoms with Crippen molar-refractivity contribution in [2.75, 3.05) is 31.1 Å². The summed E-state index contributed by atoms with van der Waals surface area (Å²) in [6.07, 6.45) is 3.40. The van der Waals surface area contributed by atoms with Gasteiger partial charge < -0.3 is 9.15 Å². The van der Waals surface area contributed by atoms with Crippen molar-refractivity contribution in [1.82, 2.24) is 20.1 Å². The Morgan fingerprint density at radius 3 is 2.75 bits per heavy atom. The maximum atomic E-state index is 12.4. The Labute approximate surface area is 138 Å². The standard InChI is InChI=1S/C16H17N5O3/c22-15-21(10-16(24-15)9-20-7-4-11(16)5-8-20)14-19-18-13(23-14)12-3-1-2-6-17-12/h1-3,6,11H,4-5,7-10H2. The lowest BCUT2D eigenvalue weighted by molar-refractivity contribution is -0.0881. The van der Waals surface area contributed by atoms with Crippen LogP contribution in [0.5, 0.6) is 0 Å². The van der Waals surface area contributed by atoms with Gasteiger partial charge in [0, 0.05) is 18.7 Å². The molecule has 2 aromatic rings. The van der Waals surface area contributed by atoms with Crippen molar-refractivity contribution >= 4 is 12.1 Å². The Kier molecular flexibility index (Phi) is 2.90. The number of carbonyl (C=O) groups is 1. The maximum absolute atomic E-state index is 12.4. The van der Waals surface area contributed by atoms with E-state index in [9.17, 15) is 4.79 Å². The van der Waals surface area contributed by atoms with Gasteiger partial charge in [-0.2, -0.15) is 0 Å². The number of rotatable bonds is 2. The Balaban J connectivity index is 1.42. The van der Waals surface area contributed by atoms with Crippen molar-refractivity contribution in [3.8, 4) is 11.6 Å². The average molecular weight is 327 g/mol. The second-order valence-electron chi connectivity index (χ2n) is 6.67. The molecule has 6 rings (SSSR count). The van der Waals surface area contributed by atoms with Crippen LogP contribution in [-0.4, -0.2) is 58.0 Å². The first-order chi connectivity index (χ1) is 11.7. The predicted molar refractivity (Wildman–Crippen MR) is 83.3 cm³/mol. The summed E-state index contributed by atoms with van der Waals surface area (Å²) in [6.45, 7) is 3.45. The highest BCUT2D eigenvalue weighted by Gasteiger charge is 2.56. The molecule has 1 unspecified atom stereocenters. The van der Waals surface area contributed by atoms with Gasteiger partial charge in [0.15, 0.2) is 0 Å². The number of amides is 1. The normalized spacial score (nSPS) is 31.7. The molecule has 0 N–H and O–H groups in total. The van der Waals surface area contributed by atoms with Crippen molar-refractivity contribution in [3.05, 3.63) is 24.4 Å². The zero-order valence-corrected chi connectivity index (χ0v) is 13.1. The SMILES string of the molecule is O=C1OC2(CN3CCC2CC3)CN1c1nnc(-c2ccccn2)o1. The van der Waals surface area contributed by atoms with E-state index in [-0.39, 0.29) is 6.01 Å². The summed E-state index contributed by atoms with van der Waals surface area (Å²) in [5, 5.41) is 8.03. The average Bonchev–Trinajstić information content (AvgIpc) is 3.22. The first kappa shape index (κ1) is 13.9. The molecule has 2 aromatic heterocycles. The largest absolute Gasteiger partial charge is 0.439 e. The number of piperidine rings is 3. The summed E-state index contributed by atoms with van der Waals surface area (Å²) >= 11 is 0. The Bertz CT molecular complexity index is 771. The zero-order valence-electron chi connectivity index (χ0n) is 13.1. The van der Waals surface area contributed by atoms with Crippen molar-refractivity contribution in [2.45, 2.75) is 18.4 Å². The number of hydrogen-bond acceptors (Lipinski definition) is 7. The maximum Gasteiger partial charge on any atom is 0.418 e. The molecule has 4 fully saturated rings. The summed E-state index contributed by atoms with van der Waals surface area (Å²) < 4.78 is 11.5. The van der Waals surface area contributed by atoms with Crippen molar-refractivity contribution in [3.63, 3.8) is 0 Å². The first-order valence-corrected chi connectivity index (χ1v) is 8.21. The molecule has 0 aromatic carbocycles. The number of aromatic nitrogens is 3. The minimum Gasteiger partial charge on any atom is -0.439 e. The van der Waals surface area contributed by atoms with Crippen LogP contribution in [0.3, 0.4) is 0 Å². The van der Waals surface area contributed by atoms with Gasteiger partial charge in [-0.1, -0.05) is 11.2 Å². The summed E-state index contributed by atoms with van der Waals surface area (Å²) in [6, 6.07) is 5.62. The summed E-state index contributed by atoms with van der Waals surface area (Å²) in [7, 11) is 0. The van der Waals surface area contributed by atoms with Crippen molar-refractivity contribution in [2.24, 2.45) is 5.92 Å². The number of ether oxygens (including phenoxy) is 1. The lowest BCUT2D eigenvalue weighted by Gasteiger charge is -2.49. The zero-order chi connectivity index (χ0) is 16.1. The van der Waals surface area contributed by atoms with Crippen molar-refractivity contribution < 1.29 is 13.9 Å². The molecule has 0 aliphatic carbocycles. The fourth-order valence-corrected chi connectivity index (χ4v) is 4.08. The van der Waals surface area contributed by atoms with Crippen LogP contribution in [0.2, 0.25) is 0 Å². The van der Waals surface area contributed by atoms with E-state index in [0.29, 0.717) is 24.0 Å². The molecule has 4 aliphatic rings. The van der Waals surface area contributed by atoms with E-state index in [0.717, 1.165) is 32.5 Å². The monoisotopic (exact) mass is 327 g/mol. The molecule has 1 atom stereocenters. The van der Waals surface area contributed by atoms with Crippen LogP contribution < -0.4 is 4.90 Å². The van der Waals surface area contributed by atoms with Gasteiger partial charge >= 0.3 is 12.1 Å². The third-order valence-electron chi connectivity index (χ3n) is 5.29. The fraction of sp³-hybridized carbons (Fsp3) is 0.500. The number of hydrogen-bond donors (Lipinski definition) is 0. The number of pyridine rings is 1. The van der Waals surface area contributed by atoms with Crippen LogP contribution in [0, 0.1) is 5.92 Å². The van der Waals surface area contributed by atoms with Gasteiger partial charge in [0.1, 0.15) is 11.3 Å². The highest BCUT2D eigenvalue weighted by atomic mass is 16.6. The fourth-order valence-electron chi connectivity index (χ4n) is 4.08. The predicted octanol–water partition coefficient (Wildman–Crippen LogP) is 1.55. The van der Waals surface area contributed by atoms with Gasteiger partial charge in [0.05, 0.1) is 6.54 Å². The first-order valence-electron chi connectivity index (χ1n) is 8.21. The molecule has 4 aliphatic heterocycles. The van der Waals surface area contributed by atoms with Crippen LogP contribution in [0.4, 0.5) is 10.8 Å².